The molecule has 0 aliphatic rings. The topological polar surface area (TPSA) is 35.2 Å². The minimum absolute atomic E-state index is 0.141. The molecule has 86 valence electrons. The highest BCUT2D eigenvalue weighted by molar-refractivity contribution is 4.68. The van der Waals surface area contributed by atoms with Gasteiger partial charge in [-0.1, -0.05) is 33.1 Å². The van der Waals surface area contributed by atoms with Gasteiger partial charge in [-0.25, -0.2) is 0 Å². The zero-order chi connectivity index (χ0) is 11.0. The van der Waals surface area contributed by atoms with Crippen molar-refractivity contribution in [3.8, 4) is 0 Å². The van der Waals surface area contributed by atoms with Gasteiger partial charge in [0, 0.05) is 13.2 Å². The van der Waals surface area contributed by atoms with Gasteiger partial charge in [0.05, 0.1) is 5.60 Å². The molecule has 0 heterocycles. The Labute approximate surface area is 89.2 Å². The van der Waals surface area contributed by atoms with Gasteiger partial charge in [0.2, 0.25) is 0 Å². The molecule has 0 bridgehead atoms. The highest BCUT2D eigenvalue weighted by Crippen LogP contribution is 2.11. The lowest BCUT2D eigenvalue weighted by atomic mass is 10.1. The quantitative estimate of drug-likeness (QED) is 0.613. The Kier molecular flexibility index (Phi) is 7.20. The fourth-order valence-corrected chi connectivity index (χ4v) is 1.24. The van der Waals surface area contributed by atoms with Crippen LogP contribution in [0.4, 0.5) is 0 Å². The summed E-state index contributed by atoms with van der Waals surface area (Å²) >= 11 is 0. The van der Waals surface area contributed by atoms with Crippen molar-refractivity contribution in [2.24, 2.45) is 11.7 Å². The molecule has 0 aromatic rings. The van der Waals surface area contributed by atoms with E-state index in [9.17, 15) is 0 Å². The van der Waals surface area contributed by atoms with Crippen LogP contribution in [0.5, 0.6) is 0 Å². The van der Waals surface area contributed by atoms with E-state index in [1.54, 1.807) is 0 Å². The average Bonchev–Trinajstić information content (AvgIpc) is 2.10. The predicted molar refractivity (Wildman–Crippen MR) is 62.4 cm³/mol. The van der Waals surface area contributed by atoms with Crippen molar-refractivity contribution < 1.29 is 4.74 Å². The summed E-state index contributed by atoms with van der Waals surface area (Å²) in [7, 11) is 0. The molecule has 0 aromatic carbocycles. The molecule has 0 aliphatic carbocycles. The number of ether oxygens (including phenoxy) is 1. The van der Waals surface area contributed by atoms with Crippen molar-refractivity contribution in [3.63, 3.8) is 0 Å². The number of hydrogen-bond acceptors (Lipinski definition) is 2. The first-order valence-electron chi connectivity index (χ1n) is 5.82. The van der Waals surface area contributed by atoms with Crippen LogP contribution in [0.15, 0.2) is 0 Å². The van der Waals surface area contributed by atoms with E-state index in [4.69, 9.17) is 10.5 Å². The lowest BCUT2D eigenvalue weighted by Crippen LogP contribution is -2.34. The van der Waals surface area contributed by atoms with Gasteiger partial charge in [0.15, 0.2) is 0 Å². The predicted octanol–water partition coefficient (Wildman–Crippen LogP) is 2.96. The van der Waals surface area contributed by atoms with Gasteiger partial charge in [0.1, 0.15) is 0 Å². The molecule has 0 unspecified atom stereocenters. The van der Waals surface area contributed by atoms with Gasteiger partial charge in [-0.3, -0.25) is 0 Å². The maximum absolute atomic E-state index is 5.66. The number of hydrogen-bond donors (Lipinski definition) is 1. The number of nitrogens with two attached hydrogens (primary N) is 1. The average molecular weight is 201 g/mol. The van der Waals surface area contributed by atoms with Crippen molar-refractivity contribution in [1.82, 2.24) is 0 Å². The van der Waals surface area contributed by atoms with Crippen LogP contribution in [0.1, 0.15) is 53.4 Å². The Morgan fingerprint density at radius 2 is 1.79 bits per heavy atom. The summed E-state index contributed by atoms with van der Waals surface area (Å²) in [5.41, 5.74) is 5.42. The molecule has 2 heteroatoms. The second kappa shape index (κ2) is 7.24. The molecule has 0 spiro atoms. The summed E-state index contributed by atoms with van der Waals surface area (Å²) in [6, 6.07) is 0. The van der Waals surface area contributed by atoms with Crippen LogP contribution >= 0.6 is 0 Å². The molecule has 0 saturated carbocycles. The maximum Gasteiger partial charge on any atom is 0.0748 e. The normalized spacial score (nSPS) is 12.4. The highest BCUT2D eigenvalue weighted by Gasteiger charge is 2.14. The van der Waals surface area contributed by atoms with Gasteiger partial charge >= 0.3 is 0 Å². The van der Waals surface area contributed by atoms with Crippen molar-refractivity contribution in [2.75, 3.05) is 13.2 Å². The van der Waals surface area contributed by atoms with Crippen LogP contribution in [-0.4, -0.2) is 18.8 Å². The molecule has 2 N–H and O–H groups in total. The zero-order valence-corrected chi connectivity index (χ0v) is 10.3. The highest BCUT2D eigenvalue weighted by atomic mass is 16.5. The first-order valence-corrected chi connectivity index (χ1v) is 5.82. The molecule has 0 rings (SSSR count). The van der Waals surface area contributed by atoms with Gasteiger partial charge in [-0.05, 0) is 26.2 Å². The first kappa shape index (κ1) is 13.9. The van der Waals surface area contributed by atoms with Gasteiger partial charge in [0.25, 0.3) is 0 Å². The molecular weight excluding hydrogens is 174 g/mol. The maximum atomic E-state index is 5.66. The molecule has 14 heavy (non-hydrogen) atoms. The SMILES string of the molecule is CC(C)CCCCCOC(C)(C)CN. The van der Waals surface area contributed by atoms with E-state index >= 15 is 0 Å². The van der Waals surface area contributed by atoms with E-state index in [-0.39, 0.29) is 5.60 Å². The standard InChI is InChI=1S/C12H27NO/c1-11(2)8-6-5-7-9-14-12(3,4)10-13/h11H,5-10,13H2,1-4H3. The summed E-state index contributed by atoms with van der Waals surface area (Å²) in [6.45, 7) is 10.1. The van der Waals surface area contributed by atoms with E-state index in [1.807, 2.05) is 13.8 Å². The van der Waals surface area contributed by atoms with Crippen LogP contribution in [0.25, 0.3) is 0 Å². The van der Waals surface area contributed by atoms with Crippen LogP contribution < -0.4 is 5.73 Å². The van der Waals surface area contributed by atoms with Crippen molar-refractivity contribution in [3.05, 3.63) is 0 Å². The summed E-state index contributed by atoms with van der Waals surface area (Å²) < 4.78 is 5.66. The Balaban J connectivity index is 3.21. The summed E-state index contributed by atoms with van der Waals surface area (Å²) in [6.07, 6.45) is 5.10. The van der Waals surface area contributed by atoms with Crippen LogP contribution in [0.3, 0.4) is 0 Å². The first-order chi connectivity index (χ1) is 6.48. The molecule has 0 atom stereocenters. The summed E-state index contributed by atoms with van der Waals surface area (Å²) in [4.78, 5) is 0. The third-order valence-electron chi connectivity index (χ3n) is 2.41. The van der Waals surface area contributed by atoms with Gasteiger partial charge in [-0.2, -0.15) is 0 Å². The molecule has 2 nitrogen and oxygen atoms in total. The molecule has 0 aromatic heterocycles. The van der Waals surface area contributed by atoms with E-state index in [0.717, 1.165) is 18.9 Å². The largest absolute Gasteiger partial charge is 0.374 e. The summed E-state index contributed by atoms with van der Waals surface area (Å²) in [5.74, 6) is 0.830. The Morgan fingerprint density at radius 3 is 2.29 bits per heavy atom. The minimum Gasteiger partial charge on any atom is -0.374 e. The Hall–Kier alpha value is -0.0800. The fourth-order valence-electron chi connectivity index (χ4n) is 1.24. The van der Waals surface area contributed by atoms with E-state index in [1.165, 1.54) is 19.3 Å². The fraction of sp³-hybridized carbons (Fsp3) is 1.00. The monoisotopic (exact) mass is 201 g/mol. The van der Waals surface area contributed by atoms with Gasteiger partial charge < -0.3 is 10.5 Å². The molecular formula is C12H27NO. The second-order valence-electron chi connectivity index (χ2n) is 5.06. The number of unbranched alkanes of at least 4 members (excludes halogenated alkanes) is 2. The van der Waals surface area contributed by atoms with Crippen LogP contribution in [-0.2, 0) is 4.74 Å². The summed E-state index contributed by atoms with van der Waals surface area (Å²) in [5, 5.41) is 0. The smallest absolute Gasteiger partial charge is 0.0748 e. The van der Waals surface area contributed by atoms with Gasteiger partial charge in [-0.15, -0.1) is 0 Å². The van der Waals surface area contributed by atoms with E-state index in [0.29, 0.717) is 6.54 Å². The molecule has 0 amide bonds. The van der Waals surface area contributed by atoms with Crippen LogP contribution in [0, 0.1) is 5.92 Å². The second-order valence-corrected chi connectivity index (χ2v) is 5.06. The number of rotatable bonds is 8. The molecule has 0 saturated heterocycles. The third kappa shape index (κ3) is 8.52. The van der Waals surface area contributed by atoms with E-state index < -0.39 is 0 Å². The third-order valence-corrected chi connectivity index (χ3v) is 2.41. The zero-order valence-electron chi connectivity index (χ0n) is 10.3. The molecule has 0 radical (unpaired) electrons. The van der Waals surface area contributed by atoms with Crippen LogP contribution in [0.2, 0.25) is 0 Å². The van der Waals surface area contributed by atoms with E-state index in [2.05, 4.69) is 13.8 Å². The Morgan fingerprint density at radius 1 is 1.14 bits per heavy atom. The lowest BCUT2D eigenvalue weighted by Gasteiger charge is -2.23. The lowest BCUT2D eigenvalue weighted by molar-refractivity contribution is -0.0122. The van der Waals surface area contributed by atoms with Crippen molar-refractivity contribution >= 4 is 0 Å². The Bertz CT molecular complexity index is 132. The molecule has 0 aliphatic heterocycles. The molecule has 0 fully saturated rings. The van der Waals surface area contributed by atoms with Crippen molar-refractivity contribution in [1.29, 1.82) is 0 Å². The van der Waals surface area contributed by atoms with Crippen molar-refractivity contribution in [2.45, 2.75) is 59.0 Å². The minimum atomic E-state index is -0.141.